The summed E-state index contributed by atoms with van der Waals surface area (Å²) in [4.78, 5) is 27.3. The number of aromatic amines is 1. The Bertz CT molecular complexity index is 1380. The van der Waals surface area contributed by atoms with Crippen LogP contribution in [0, 0.1) is 11.7 Å². The second-order valence-electron chi connectivity index (χ2n) is 8.04. The lowest BCUT2D eigenvalue weighted by molar-refractivity contribution is -0.117. The maximum atomic E-state index is 15.3. The third kappa shape index (κ3) is 3.33. The summed E-state index contributed by atoms with van der Waals surface area (Å²) in [6.45, 7) is 1.75. The van der Waals surface area contributed by atoms with E-state index in [4.69, 9.17) is 11.6 Å². The van der Waals surface area contributed by atoms with Crippen LogP contribution in [-0.4, -0.2) is 37.9 Å². The Hall–Kier alpha value is -3.33. The van der Waals surface area contributed by atoms with E-state index in [2.05, 4.69) is 20.5 Å². The van der Waals surface area contributed by atoms with E-state index in [9.17, 15) is 14.0 Å². The SMILES string of the molecule is CC(CC=O)c1c(F)c(Cl)c(-c2ccc3nc(NC(=O)[C@@H]4C[C@@H]4F)cn3c2)c2cn[nH]c12. The summed E-state index contributed by atoms with van der Waals surface area (Å²) in [6, 6.07) is 3.46. The zero-order valence-electron chi connectivity index (χ0n) is 16.9. The van der Waals surface area contributed by atoms with E-state index in [1.54, 1.807) is 42.0 Å². The Labute approximate surface area is 185 Å². The van der Waals surface area contributed by atoms with Gasteiger partial charge in [0.25, 0.3) is 0 Å². The predicted octanol–water partition coefficient (Wildman–Crippen LogP) is 4.66. The molecule has 164 valence electrons. The molecule has 2 N–H and O–H groups in total. The fraction of sp³-hybridized carbons (Fsp3) is 0.273. The van der Waals surface area contributed by atoms with E-state index in [0.717, 1.165) is 6.29 Å². The van der Waals surface area contributed by atoms with Gasteiger partial charge in [-0.3, -0.25) is 9.89 Å². The first kappa shape index (κ1) is 20.6. The van der Waals surface area contributed by atoms with Gasteiger partial charge in [0.05, 0.1) is 28.9 Å². The molecular weight excluding hydrogens is 440 g/mol. The van der Waals surface area contributed by atoms with Crippen LogP contribution in [0.1, 0.15) is 31.2 Å². The highest BCUT2D eigenvalue weighted by Gasteiger charge is 2.43. The lowest BCUT2D eigenvalue weighted by Gasteiger charge is -2.16. The maximum absolute atomic E-state index is 15.3. The quantitative estimate of drug-likeness (QED) is 0.412. The highest BCUT2D eigenvalue weighted by molar-refractivity contribution is 6.35. The van der Waals surface area contributed by atoms with Gasteiger partial charge in [0, 0.05) is 34.7 Å². The number of alkyl halides is 1. The zero-order valence-corrected chi connectivity index (χ0v) is 17.7. The van der Waals surface area contributed by atoms with Crippen LogP contribution >= 0.6 is 11.6 Å². The van der Waals surface area contributed by atoms with E-state index in [-0.39, 0.29) is 23.8 Å². The van der Waals surface area contributed by atoms with E-state index < -0.39 is 23.8 Å². The molecule has 1 aromatic carbocycles. The summed E-state index contributed by atoms with van der Waals surface area (Å²) in [5, 5.41) is 10.1. The number of H-pyrrole nitrogens is 1. The van der Waals surface area contributed by atoms with Gasteiger partial charge in [0.15, 0.2) is 5.82 Å². The highest BCUT2D eigenvalue weighted by atomic mass is 35.5. The molecule has 3 atom stereocenters. The minimum Gasteiger partial charge on any atom is -0.309 e. The molecule has 7 nitrogen and oxygen atoms in total. The molecular formula is C22H18ClF2N5O2. The van der Waals surface area contributed by atoms with Crippen LogP contribution in [0.25, 0.3) is 27.7 Å². The number of hydrogen-bond donors (Lipinski definition) is 2. The molecule has 32 heavy (non-hydrogen) atoms. The number of nitrogens with zero attached hydrogens (tertiary/aromatic N) is 3. The van der Waals surface area contributed by atoms with Crippen molar-refractivity contribution in [3.8, 4) is 11.1 Å². The molecule has 1 aliphatic carbocycles. The van der Waals surface area contributed by atoms with Gasteiger partial charge in [-0.25, -0.2) is 13.8 Å². The number of benzene rings is 1. The number of amides is 1. The lowest BCUT2D eigenvalue weighted by Crippen LogP contribution is -2.15. The molecule has 0 bridgehead atoms. The van der Waals surface area contributed by atoms with Crippen LogP contribution in [0.15, 0.2) is 30.7 Å². The van der Waals surface area contributed by atoms with Gasteiger partial charge in [-0.15, -0.1) is 0 Å². The number of pyridine rings is 1. The van der Waals surface area contributed by atoms with Crippen LogP contribution in [-0.2, 0) is 9.59 Å². The van der Waals surface area contributed by atoms with Crippen LogP contribution in [0.3, 0.4) is 0 Å². The van der Waals surface area contributed by atoms with E-state index >= 15 is 4.39 Å². The molecule has 0 aliphatic heterocycles. The van der Waals surface area contributed by atoms with Crippen LogP contribution in [0.5, 0.6) is 0 Å². The molecule has 1 aliphatic rings. The average Bonchev–Trinajstić information content (AvgIpc) is 3.12. The molecule has 0 saturated heterocycles. The fourth-order valence-electron chi connectivity index (χ4n) is 4.00. The van der Waals surface area contributed by atoms with Crippen LogP contribution < -0.4 is 5.32 Å². The smallest absolute Gasteiger partial charge is 0.231 e. The van der Waals surface area contributed by atoms with Crippen molar-refractivity contribution in [1.82, 2.24) is 19.6 Å². The third-order valence-corrected chi connectivity index (χ3v) is 6.16. The molecule has 1 amide bonds. The monoisotopic (exact) mass is 457 g/mol. The Morgan fingerprint density at radius 3 is 2.94 bits per heavy atom. The first-order chi connectivity index (χ1) is 15.4. The van der Waals surface area contributed by atoms with Crippen LogP contribution in [0.4, 0.5) is 14.6 Å². The number of hydrogen-bond acceptors (Lipinski definition) is 4. The zero-order chi connectivity index (χ0) is 22.6. The van der Waals surface area contributed by atoms with E-state index in [1.165, 1.54) is 0 Å². The first-order valence-corrected chi connectivity index (χ1v) is 10.5. The average molecular weight is 458 g/mol. The number of fused-ring (bicyclic) bond motifs is 2. The number of carbonyl (C=O) groups excluding carboxylic acids is 2. The standard InChI is InChI=1S/C22H18ClF2N5O2/c1-10(4-5-31)17-20(25)19(23)18(13-7-26-29-21(13)17)11-2-3-16-27-15(9-30(16)8-11)28-22(32)12-6-14(12)24/h2-3,5,7-10,12,14H,4,6H2,1H3,(H,26,29)(H,28,32)/t10?,12-,14+/m1/s1. The number of imidazole rings is 1. The maximum Gasteiger partial charge on any atom is 0.231 e. The molecule has 1 fully saturated rings. The van der Waals surface area contributed by atoms with Crippen molar-refractivity contribution in [2.45, 2.75) is 31.9 Å². The topological polar surface area (TPSA) is 92.2 Å². The summed E-state index contributed by atoms with van der Waals surface area (Å²) in [6.07, 6.45) is 4.92. The Morgan fingerprint density at radius 2 is 2.22 bits per heavy atom. The Morgan fingerprint density at radius 1 is 1.44 bits per heavy atom. The second kappa shape index (κ2) is 7.67. The number of aromatic nitrogens is 4. The lowest BCUT2D eigenvalue weighted by atomic mass is 9.92. The van der Waals surface area contributed by atoms with Crippen LogP contribution in [0.2, 0.25) is 5.02 Å². The predicted molar refractivity (Wildman–Crippen MR) is 116 cm³/mol. The van der Waals surface area contributed by atoms with Gasteiger partial charge in [0.1, 0.15) is 23.9 Å². The molecule has 0 spiro atoms. The number of halogens is 3. The van der Waals surface area contributed by atoms with Crippen molar-refractivity contribution in [2.24, 2.45) is 5.92 Å². The number of anilines is 1. The normalized spacial score (nSPS) is 18.8. The van der Waals surface area contributed by atoms with Gasteiger partial charge in [0.2, 0.25) is 5.91 Å². The van der Waals surface area contributed by atoms with Crippen molar-refractivity contribution in [3.63, 3.8) is 0 Å². The summed E-state index contributed by atoms with van der Waals surface area (Å²) >= 11 is 6.47. The van der Waals surface area contributed by atoms with Crippen molar-refractivity contribution in [1.29, 1.82) is 0 Å². The minimum atomic E-state index is -1.09. The van der Waals surface area contributed by atoms with E-state index in [1.807, 2.05) is 0 Å². The largest absolute Gasteiger partial charge is 0.309 e. The second-order valence-corrected chi connectivity index (χ2v) is 8.41. The van der Waals surface area contributed by atoms with Gasteiger partial charge in [-0.2, -0.15) is 5.10 Å². The number of rotatable bonds is 6. The number of nitrogens with one attached hydrogen (secondary N) is 2. The molecule has 0 radical (unpaired) electrons. The third-order valence-electron chi connectivity index (χ3n) is 5.81. The number of aldehydes is 1. The van der Waals surface area contributed by atoms with Crippen molar-refractivity contribution < 1.29 is 18.4 Å². The summed E-state index contributed by atoms with van der Waals surface area (Å²) in [7, 11) is 0. The number of carbonyl (C=O) groups is 2. The Balaban J connectivity index is 1.58. The van der Waals surface area contributed by atoms with Gasteiger partial charge >= 0.3 is 0 Å². The molecule has 1 saturated carbocycles. The fourth-order valence-corrected chi connectivity index (χ4v) is 4.31. The molecule has 5 rings (SSSR count). The van der Waals surface area contributed by atoms with E-state index in [0.29, 0.717) is 39.1 Å². The minimum absolute atomic E-state index is 0.0673. The molecule has 10 heteroatoms. The van der Waals surface area contributed by atoms with Gasteiger partial charge in [-0.05, 0) is 24.5 Å². The van der Waals surface area contributed by atoms with Crippen molar-refractivity contribution >= 4 is 46.2 Å². The molecule has 1 unspecified atom stereocenters. The molecule has 3 aromatic heterocycles. The molecule has 3 heterocycles. The van der Waals surface area contributed by atoms with Crippen molar-refractivity contribution in [3.05, 3.63) is 47.1 Å². The Kier molecular flexibility index (Phi) is 4.93. The van der Waals surface area contributed by atoms with Crippen molar-refractivity contribution in [2.75, 3.05) is 5.32 Å². The summed E-state index contributed by atoms with van der Waals surface area (Å²) in [5.74, 6) is -1.69. The first-order valence-electron chi connectivity index (χ1n) is 10.1. The van der Waals surface area contributed by atoms with Gasteiger partial charge < -0.3 is 14.5 Å². The van der Waals surface area contributed by atoms with Gasteiger partial charge in [-0.1, -0.05) is 18.5 Å². The summed E-state index contributed by atoms with van der Waals surface area (Å²) in [5.41, 5.74) is 2.42. The highest BCUT2D eigenvalue weighted by Crippen LogP contribution is 2.42. The molecule has 4 aromatic rings. The summed E-state index contributed by atoms with van der Waals surface area (Å²) < 4.78 is 30.1.